The van der Waals surface area contributed by atoms with E-state index < -0.39 is 11.6 Å². The van der Waals surface area contributed by atoms with Crippen molar-refractivity contribution in [2.24, 2.45) is 7.05 Å². The SMILES string of the molecule is Cc1nn(C)cc1Cn1c(CCl)nc2ccc(F)c(F)c21. The molecular formula is C14H13ClF2N4. The van der Waals surface area contributed by atoms with E-state index in [-0.39, 0.29) is 11.4 Å². The van der Waals surface area contributed by atoms with Crippen LogP contribution in [-0.4, -0.2) is 19.3 Å². The molecule has 0 N–H and O–H groups in total. The summed E-state index contributed by atoms with van der Waals surface area (Å²) in [5, 5.41) is 4.25. The molecule has 1 aromatic carbocycles. The molecule has 0 saturated carbocycles. The van der Waals surface area contributed by atoms with Crippen molar-refractivity contribution >= 4 is 22.6 Å². The van der Waals surface area contributed by atoms with Crippen LogP contribution in [0.5, 0.6) is 0 Å². The third-order valence-electron chi connectivity index (χ3n) is 3.44. The zero-order valence-electron chi connectivity index (χ0n) is 11.6. The Balaban J connectivity index is 2.20. The number of alkyl halides is 1. The highest BCUT2D eigenvalue weighted by Crippen LogP contribution is 2.24. The molecule has 3 aromatic rings. The first-order valence-electron chi connectivity index (χ1n) is 6.39. The quantitative estimate of drug-likeness (QED) is 0.697. The standard InChI is InChI=1S/C14H13ClF2N4/c1-8-9(6-20(2)19-8)7-21-12(5-15)18-11-4-3-10(16)13(17)14(11)21/h3-4,6H,5,7H2,1-2H3. The highest BCUT2D eigenvalue weighted by atomic mass is 35.5. The summed E-state index contributed by atoms with van der Waals surface area (Å²) in [5.41, 5.74) is 2.27. The topological polar surface area (TPSA) is 35.6 Å². The summed E-state index contributed by atoms with van der Waals surface area (Å²) in [6, 6.07) is 2.53. The van der Waals surface area contributed by atoms with Gasteiger partial charge in [0.15, 0.2) is 11.6 Å². The molecule has 4 nitrogen and oxygen atoms in total. The monoisotopic (exact) mass is 310 g/mol. The number of aryl methyl sites for hydroxylation is 2. The molecule has 0 radical (unpaired) electrons. The van der Waals surface area contributed by atoms with E-state index in [1.54, 1.807) is 9.25 Å². The van der Waals surface area contributed by atoms with Gasteiger partial charge in [0.25, 0.3) is 0 Å². The van der Waals surface area contributed by atoms with Gasteiger partial charge in [-0.05, 0) is 19.1 Å². The van der Waals surface area contributed by atoms with Crippen molar-refractivity contribution < 1.29 is 8.78 Å². The molecule has 7 heteroatoms. The van der Waals surface area contributed by atoms with Crippen molar-refractivity contribution in [2.45, 2.75) is 19.3 Å². The highest BCUT2D eigenvalue weighted by Gasteiger charge is 2.18. The maximum absolute atomic E-state index is 14.1. The van der Waals surface area contributed by atoms with E-state index in [1.807, 2.05) is 20.2 Å². The molecule has 0 atom stereocenters. The molecule has 0 spiro atoms. The number of fused-ring (bicyclic) bond motifs is 1. The smallest absolute Gasteiger partial charge is 0.184 e. The Bertz CT molecular complexity index is 822. The van der Waals surface area contributed by atoms with Crippen LogP contribution in [0.15, 0.2) is 18.3 Å². The summed E-state index contributed by atoms with van der Waals surface area (Å²) in [6.45, 7) is 2.21. The summed E-state index contributed by atoms with van der Waals surface area (Å²) in [6.07, 6.45) is 1.84. The van der Waals surface area contributed by atoms with Crippen LogP contribution in [0.25, 0.3) is 11.0 Å². The lowest BCUT2D eigenvalue weighted by Gasteiger charge is -2.07. The Hall–Kier alpha value is -1.95. The van der Waals surface area contributed by atoms with Crippen molar-refractivity contribution in [1.82, 2.24) is 19.3 Å². The van der Waals surface area contributed by atoms with Gasteiger partial charge in [0.1, 0.15) is 11.3 Å². The van der Waals surface area contributed by atoms with E-state index in [1.165, 1.54) is 6.07 Å². The second kappa shape index (κ2) is 5.11. The molecule has 2 aromatic heterocycles. The van der Waals surface area contributed by atoms with E-state index in [0.29, 0.717) is 17.9 Å². The number of rotatable bonds is 3. The van der Waals surface area contributed by atoms with Gasteiger partial charge in [-0.25, -0.2) is 13.8 Å². The van der Waals surface area contributed by atoms with Gasteiger partial charge in [-0.1, -0.05) is 0 Å². The molecule has 0 aliphatic rings. The maximum atomic E-state index is 14.1. The van der Waals surface area contributed by atoms with Crippen LogP contribution in [-0.2, 0) is 19.5 Å². The molecular weight excluding hydrogens is 298 g/mol. The summed E-state index contributed by atoms with van der Waals surface area (Å²) < 4.78 is 30.9. The van der Waals surface area contributed by atoms with Crippen LogP contribution in [0.2, 0.25) is 0 Å². The maximum Gasteiger partial charge on any atom is 0.184 e. The molecule has 0 unspecified atom stereocenters. The Morgan fingerprint density at radius 3 is 2.67 bits per heavy atom. The lowest BCUT2D eigenvalue weighted by atomic mass is 10.2. The summed E-state index contributed by atoms with van der Waals surface area (Å²) in [5.74, 6) is -1.18. The Morgan fingerprint density at radius 1 is 1.29 bits per heavy atom. The molecule has 21 heavy (non-hydrogen) atoms. The Kier molecular flexibility index (Phi) is 3.41. The zero-order chi connectivity index (χ0) is 15.1. The first-order chi connectivity index (χ1) is 10.0. The average molecular weight is 311 g/mol. The second-order valence-corrected chi connectivity index (χ2v) is 5.16. The normalized spacial score (nSPS) is 11.5. The minimum absolute atomic E-state index is 0.120. The highest BCUT2D eigenvalue weighted by molar-refractivity contribution is 6.16. The van der Waals surface area contributed by atoms with Gasteiger partial charge in [0.2, 0.25) is 0 Å². The van der Waals surface area contributed by atoms with E-state index in [4.69, 9.17) is 11.6 Å². The van der Waals surface area contributed by atoms with Gasteiger partial charge < -0.3 is 4.57 Å². The predicted molar refractivity (Wildman–Crippen MR) is 76.3 cm³/mol. The van der Waals surface area contributed by atoms with Crippen LogP contribution in [0, 0.1) is 18.6 Å². The van der Waals surface area contributed by atoms with Gasteiger partial charge in [-0.2, -0.15) is 5.10 Å². The minimum Gasteiger partial charge on any atom is -0.320 e. The Labute approximate surface area is 125 Å². The number of nitrogens with zero attached hydrogens (tertiary/aromatic N) is 4. The van der Waals surface area contributed by atoms with Gasteiger partial charge >= 0.3 is 0 Å². The first kappa shape index (κ1) is 14.0. The zero-order valence-corrected chi connectivity index (χ0v) is 12.3. The number of hydrogen-bond acceptors (Lipinski definition) is 2. The second-order valence-electron chi connectivity index (χ2n) is 4.89. The summed E-state index contributed by atoms with van der Waals surface area (Å²) in [4.78, 5) is 4.26. The fourth-order valence-electron chi connectivity index (χ4n) is 2.45. The van der Waals surface area contributed by atoms with E-state index in [2.05, 4.69) is 10.1 Å². The third-order valence-corrected chi connectivity index (χ3v) is 3.68. The number of hydrogen-bond donors (Lipinski definition) is 0. The molecule has 0 aliphatic carbocycles. The van der Waals surface area contributed by atoms with Crippen molar-refractivity contribution in [3.8, 4) is 0 Å². The van der Waals surface area contributed by atoms with Crippen molar-refractivity contribution in [1.29, 1.82) is 0 Å². The molecule has 110 valence electrons. The molecule has 0 amide bonds. The van der Waals surface area contributed by atoms with Crippen LogP contribution in [0.4, 0.5) is 8.78 Å². The van der Waals surface area contributed by atoms with Crippen LogP contribution in [0.3, 0.4) is 0 Å². The van der Waals surface area contributed by atoms with Crippen LogP contribution < -0.4 is 0 Å². The van der Waals surface area contributed by atoms with E-state index >= 15 is 0 Å². The van der Waals surface area contributed by atoms with Crippen molar-refractivity contribution in [3.05, 3.63) is 47.0 Å². The van der Waals surface area contributed by atoms with Gasteiger partial charge in [-0.3, -0.25) is 4.68 Å². The van der Waals surface area contributed by atoms with Crippen molar-refractivity contribution in [3.63, 3.8) is 0 Å². The molecule has 0 saturated heterocycles. The fraction of sp³-hybridized carbons (Fsp3) is 0.286. The fourth-order valence-corrected chi connectivity index (χ4v) is 2.66. The van der Waals surface area contributed by atoms with Gasteiger partial charge in [-0.15, -0.1) is 11.6 Å². The lowest BCUT2D eigenvalue weighted by molar-refractivity contribution is 0.512. The van der Waals surface area contributed by atoms with Gasteiger partial charge in [0, 0.05) is 18.8 Å². The molecule has 0 bridgehead atoms. The van der Waals surface area contributed by atoms with E-state index in [9.17, 15) is 8.78 Å². The molecule has 0 fully saturated rings. The molecule has 2 heterocycles. The van der Waals surface area contributed by atoms with Gasteiger partial charge in [0.05, 0.1) is 23.6 Å². The average Bonchev–Trinajstić information content (AvgIpc) is 2.95. The first-order valence-corrected chi connectivity index (χ1v) is 6.93. The van der Waals surface area contributed by atoms with Crippen LogP contribution >= 0.6 is 11.6 Å². The van der Waals surface area contributed by atoms with E-state index in [0.717, 1.165) is 17.3 Å². The van der Waals surface area contributed by atoms with Crippen LogP contribution in [0.1, 0.15) is 17.1 Å². The number of imidazole rings is 1. The third kappa shape index (κ3) is 2.29. The summed E-state index contributed by atoms with van der Waals surface area (Å²) >= 11 is 5.89. The molecule has 3 rings (SSSR count). The summed E-state index contributed by atoms with van der Waals surface area (Å²) in [7, 11) is 1.81. The number of benzene rings is 1. The predicted octanol–water partition coefficient (Wildman–Crippen LogP) is 3.14. The largest absolute Gasteiger partial charge is 0.320 e. The minimum atomic E-state index is -0.905. The van der Waals surface area contributed by atoms with Crippen molar-refractivity contribution in [2.75, 3.05) is 0 Å². The molecule has 0 aliphatic heterocycles. The Morgan fingerprint density at radius 2 is 2.05 bits per heavy atom. The number of halogens is 3. The number of aromatic nitrogens is 4. The lowest BCUT2D eigenvalue weighted by Crippen LogP contribution is -2.06.